The van der Waals surface area contributed by atoms with E-state index in [0.29, 0.717) is 42.7 Å². The van der Waals surface area contributed by atoms with E-state index in [1.54, 1.807) is 0 Å². The van der Waals surface area contributed by atoms with Gasteiger partial charge >= 0.3 is 0 Å². The first-order chi connectivity index (χ1) is 13.5. The standard InChI is InChI=1S/C22H31N3O3/c1-5-27-19-10-6-17(7-11-19)12-25(16(4)15(2)3)13-21-24-20(14-28-21)22(26)23-18-8-9-18/h6-7,10-11,14-16,18H,5,8-9,12-13H2,1-4H3,(H,23,26)/t16-/m1/s1. The molecule has 1 atom stereocenters. The Hall–Kier alpha value is -2.34. The van der Waals surface area contributed by atoms with Crippen molar-refractivity contribution in [2.45, 2.75) is 65.7 Å². The average molecular weight is 386 g/mol. The molecule has 152 valence electrons. The molecule has 2 aromatic rings. The zero-order valence-electron chi connectivity index (χ0n) is 17.3. The topological polar surface area (TPSA) is 67.6 Å². The fourth-order valence-electron chi connectivity index (χ4n) is 3.01. The van der Waals surface area contributed by atoms with E-state index in [0.717, 1.165) is 25.1 Å². The third-order valence-electron chi connectivity index (χ3n) is 5.20. The maximum Gasteiger partial charge on any atom is 0.273 e. The molecule has 1 aromatic carbocycles. The summed E-state index contributed by atoms with van der Waals surface area (Å²) in [6.07, 6.45) is 3.57. The van der Waals surface area contributed by atoms with Crippen LogP contribution in [0, 0.1) is 5.92 Å². The van der Waals surface area contributed by atoms with Gasteiger partial charge in [-0.25, -0.2) is 4.98 Å². The van der Waals surface area contributed by atoms with E-state index < -0.39 is 0 Å². The molecule has 1 aliphatic rings. The molecule has 1 aliphatic carbocycles. The molecular formula is C22H31N3O3. The molecule has 0 spiro atoms. The lowest BCUT2D eigenvalue weighted by molar-refractivity contribution is 0.0945. The van der Waals surface area contributed by atoms with Crippen LogP contribution < -0.4 is 10.1 Å². The van der Waals surface area contributed by atoms with E-state index in [9.17, 15) is 4.79 Å². The first-order valence-electron chi connectivity index (χ1n) is 10.2. The number of aromatic nitrogens is 1. The van der Waals surface area contributed by atoms with Gasteiger partial charge in [-0.2, -0.15) is 0 Å². The van der Waals surface area contributed by atoms with E-state index in [2.05, 4.69) is 48.1 Å². The van der Waals surface area contributed by atoms with Crippen LogP contribution in [0.15, 0.2) is 34.9 Å². The number of carbonyl (C=O) groups excluding carboxylic acids is 1. The second kappa shape index (κ2) is 9.24. The highest BCUT2D eigenvalue weighted by atomic mass is 16.5. The predicted molar refractivity (Wildman–Crippen MR) is 108 cm³/mol. The number of nitrogens with zero attached hydrogens (tertiary/aromatic N) is 2. The molecule has 0 saturated heterocycles. The Labute approximate surface area is 167 Å². The monoisotopic (exact) mass is 385 g/mol. The van der Waals surface area contributed by atoms with Gasteiger partial charge in [0.05, 0.1) is 13.2 Å². The van der Waals surface area contributed by atoms with Crippen LogP contribution >= 0.6 is 0 Å². The summed E-state index contributed by atoms with van der Waals surface area (Å²) in [5.74, 6) is 1.79. The van der Waals surface area contributed by atoms with Crippen molar-refractivity contribution in [1.82, 2.24) is 15.2 Å². The Morgan fingerprint density at radius 3 is 2.57 bits per heavy atom. The van der Waals surface area contributed by atoms with Crippen LogP contribution in [0.3, 0.4) is 0 Å². The lowest BCUT2D eigenvalue weighted by Crippen LogP contribution is -2.36. The van der Waals surface area contributed by atoms with Crippen molar-refractivity contribution in [3.8, 4) is 5.75 Å². The number of amides is 1. The molecule has 3 rings (SSSR count). The van der Waals surface area contributed by atoms with E-state index in [1.165, 1.54) is 11.8 Å². The third kappa shape index (κ3) is 5.58. The largest absolute Gasteiger partial charge is 0.494 e. The molecule has 1 aromatic heterocycles. The van der Waals surface area contributed by atoms with Gasteiger partial charge < -0.3 is 14.5 Å². The van der Waals surface area contributed by atoms with Crippen LogP contribution in [0.2, 0.25) is 0 Å². The molecule has 1 saturated carbocycles. The lowest BCUT2D eigenvalue weighted by atomic mass is 10.0. The highest BCUT2D eigenvalue weighted by molar-refractivity contribution is 5.92. The maximum absolute atomic E-state index is 12.2. The molecule has 0 unspecified atom stereocenters. The number of carbonyl (C=O) groups is 1. The smallest absolute Gasteiger partial charge is 0.273 e. The summed E-state index contributed by atoms with van der Waals surface area (Å²) < 4.78 is 11.1. The number of rotatable bonds is 10. The van der Waals surface area contributed by atoms with Crippen LogP contribution in [-0.4, -0.2) is 34.5 Å². The number of nitrogens with one attached hydrogen (secondary N) is 1. The van der Waals surface area contributed by atoms with Crippen molar-refractivity contribution in [3.63, 3.8) is 0 Å². The second-order valence-corrected chi connectivity index (χ2v) is 7.84. The minimum atomic E-state index is -0.146. The van der Waals surface area contributed by atoms with Crippen molar-refractivity contribution in [1.29, 1.82) is 0 Å². The quantitative estimate of drug-likeness (QED) is 0.669. The van der Waals surface area contributed by atoms with E-state index in [-0.39, 0.29) is 5.91 Å². The highest BCUT2D eigenvalue weighted by Gasteiger charge is 2.26. The molecule has 6 heteroatoms. The van der Waals surface area contributed by atoms with E-state index >= 15 is 0 Å². The minimum absolute atomic E-state index is 0.146. The average Bonchev–Trinajstić information content (AvgIpc) is 3.36. The Bertz CT molecular complexity index is 766. The summed E-state index contributed by atoms with van der Waals surface area (Å²) in [6, 6.07) is 8.84. The molecule has 1 N–H and O–H groups in total. The summed E-state index contributed by atoms with van der Waals surface area (Å²) in [7, 11) is 0. The highest BCUT2D eigenvalue weighted by Crippen LogP contribution is 2.21. The Balaban J connectivity index is 1.67. The van der Waals surface area contributed by atoms with Gasteiger partial charge in [-0.3, -0.25) is 9.69 Å². The second-order valence-electron chi connectivity index (χ2n) is 7.84. The van der Waals surface area contributed by atoms with Gasteiger partial charge in [0, 0.05) is 18.6 Å². The molecule has 1 fully saturated rings. The Morgan fingerprint density at radius 2 is 1.96 bits per heavy atom. The zero-order valence-corrected chi connectivity index (χ0v) is 17.3. The Kier molecular flexibility index (Phi) is 6.73. The fraction of sp³-hybridized carbons (Fsp3) is 0.545. The number of hydrogen-bond donors (Lipinski definition) is 1. The van der Waals surface area contributed by atoms with Crippen molar-refractivity contribution in [2.24, 2.45) is 5.92 Å². The SMILES string of the molecule is CCOc1ccc(CN(Cc2nc(C(=O)NC3CC3)co2)[C@H](C)C(C)C)cc1. The molecule has 0 aliphatic heterocycles. The first-order valence-corrected chi connectivity index (χ1v) is 10.2. The molecule has 0 radical (unpaired) electrons. The van der Waals surface area contributed by atoms with Gasteiger partial charge in [0.1, 0.15) is 12.0 Å². The van der Waals surface area contributed by atoms with Crippen molar-refractivity contribution >= 4 is 5.91 Å². The predicted octanol–water partition coefficient (Wildman–Crippen LogP) is 4.01. The summed E-state index contributed by atoms with van der Waals surface area (Å²) in [6.45, 7) is 10.6. The Morgan fingerprint density at radius 1 is 1.25 bits per heavy atom. The van der Waals surface area contributed by atoms with E-state index in [1.807, 2.05) is 19.1 Å². The summed E-state index contributed by atoms with van der Waals surface area (Å²) >= 11 is 0. The van der Waals surface area contributed by atoms with Crippen LogP contribution in [0.25, 0.3) is 0 Å². The molecule has 1 heterocycles. The van der Waals surface area contributed by atoms with Gasteiger partial charge in [-0.05, 0) is 50.3 Å². The van der Waals surface area contributed by atoms with Crippen LogP contribution in [0.5, 0.6) is 5.75 Å². The summed E-state index contributed by atoms with van der Waals surface area (Å²) in [5, 5.41) is 2.95. The number of ether oxygens (including phenoxy) is 1. The number of hydrogen-bond acceptors (Lipinski definition) is 5. The normalized spacial score (nSPS) is 15.1. The summed E-state index contributed by atoms with van der Waals surface area (Å²) in [5.41, 5.74) is 1.56. The van der Waals surface area contributed by atoms with Crippen LogP contribution in [0.4, 0.5) is 0 Å². The molecule has 6 nitrogen and oxygen atoms in total. The van der Waals surface area contributed by atoms with Crippen molar-refractivity contribution in [3.05, 3.63) is 47.7 Å². The zero-order chi connectivity index (χ0) is 20.1. The van der Waals surface area contributed by atoms with Gasteiger partial charge in [-0.15, -0.1) is 0 Å². The van der Waals surface area contributed by atoms with Gasteiger partial charge in [0.15, 0.2) is 5.69 Å². The minimum Gasteiger partial charge on any atom is -0.494 e. The van der Waals surface area contributed by atoms with Crippen molar-refractivity contribution < 1.29 is 13.9 Å². The third-order valence-corrected chi connectivity index (χ3v) is 5.20. The summed E-state index contributed by atoms with van der Waals surface area (Å²) in [4.78, 5) is 18.9. The molecule has 0 bridgehead atoms. The van der Waals surface area contributed by atoms with Gasteiger partial charge in [0.25, 0.3) is 5.91 Å². The maximum atomic E-state index is 12.2. The van der Waals surface area contributed by atoms with Gasteiger partial charge in [0.2, 0.25) is 5.89 Å². The molecule has 1 amide bonds. The van der Waals surface area contributed by atoms with Crippen LogP contribution in [0.1, 0.15) is 62.5 Å². The first kappa shape index (κ1) is 20.4. The van der Waals surface area contributed by atoms with E-state index in [4.69, 9.17) is 9.15 Å². The fourth-order valence-corrected chi connectivity index (χ4v) is 3.01. The van der Waals surface area contributed by atoms with Crippen molar-refractivity contribution in [2.75, 3.05) is 6.61 Å². The molecular weight excluding hydrogens is 354 g/mol. The number of oxazole rings is 1. The number of benzene rings is 1. The lowest BCUT2D eigenvalue weighted by Gasteiger charge is -2.30. The molecule has 28 heavy (non-hydrogen) atoms. The van der Waals surface area contributed by atoms with Gasteiger partial charge in [-0.1, -0.05) is 26.0 Å². The van der Waals surface area contributed by atoms with Crippen LogP contribution in [-0.2, 0) is 13.1 Å².